The lowest BCUT2D eigenvalue weighted by atomic mass is 10.8. The zero-order valence-corrected chi connectivity index (χ0v) is 7.58. The van der Waals surface area contributed by atoms with E-state index in [0.29, 0.717) is 0 Å². The summed E-state index contributed by atoms with van der Waals surface area (Å²) in [4.78, 5) is 0. The molecule has 4 heteroatoms. The van der Waals surface area contributed by atoms with Crippen LogP contribution in [0.2, 0.25) is 0 Å². The van der Waals surface area contributed by atoms with Gasteiger partial charge in [-0.15, -0.1) is 0 Å². The summed E-state index contributed by atoms with van der Waals surface area (Å²) < 4.78 is 15.7. The summed E-state index contributed by atoms with van der Waals surface area (Å²) in [6.45, 7) is 3.51. The summed E-state index contributed by atoms with van der Waals surface area (Å²) in [6, 6.07) is 0. The van der Waals surface area contributed by atoms with Crippen LogP contribution < -0.4 is 0 Å². The van der Waals surface area contributed by atoms with Crippen molar-refractivity contribution in [2.24, 2.45) is 0 Å². The van der Waals surface area contributed by atoms with E-state index < -0.39 is 8.77 Å². The summed E-state index contributed by atoms with van der Waals surface area (Å²) in [5.41, 5.74) is 0. The molecule has 0 spiro atoms. The van der Waals surface area contributed by atoms with E-state index >= 15 is 0 Å². The topological polar surface area (TPSA) is 26.3 Å². The summed E-state index contributed by atoms with van der Waals surface area (Å²) in [7, 11) is -2.63. The van der Waals surface area contributed by atoms with Crippen molar-refractivity contribution in [1.82, 2.24) is 0 Å². The molecule has 0 fully saturated rings. The third-order valence-electron chi connectivity index (χ3n) is 0.629. The molecule has 0 saturated carbocycles. The van der Waals surface area contributed by atoms with Crippen molar-refractivity contribution in [3.05, 3.63) is 23.8 Å². The number of hydrogen-bond donors (Lipinski definition) is 0. The molecule has 2 nitrogen and oxygen atoms in total. The lowest BCUT2D eigenvalue weighted by Gasteiger charge is -1.96. The monoisotopic (exact) mass is 178 g/mol. The van der Waals surface area contributed by atoms with Gasteiger partial charge in [-0.2, -0.15) is 0 Å². The van der Waals surface area contributed by atoms with Crippen LogP contribution in [0.15, 0.2) is 23.8 Å². The minimum atomic E-state index is -2.63. The lowest BCUT2D eigenvalue weighted by molar-refractivity contribution is 0.510. The summed E-state index contributed by atoms with van der Waals surface area (Å²) >= 11 is 4.58. The Labute approximate surface area is 66.5 Å². The first-order valence-corrected chi connectivity index (χ1v) is 5.26. The Balaban J connectivity index is 4.16. The molecule has 0 radical (unpaired) electrons. The standard InChI is InChI=1S/C6H10O2S2/c1-3-5-8-10(7,9)6-4-2/h3-6H,1-2H3. The van der Waals surface area contributed by atoms with Crippen LogP contribution in [0.1, 0.15) is 13.8 Å². The highest BCUT2D eigenvalue weighted by molar-refractivity contribution is 8.31. The molecule has 0 N–H and O–H groups in total. The smallest absolute Gasteiger partial charge is 0.207 e. The van der Waals surface area contributed by atoms with Gasteiger partial charge in [0.15, 0.2) is 0 Å². The van der Waals surface area contributed by atoms with E-state index in [-0.39, 0.29) is 0 Å². The second-order valence-electron chi connectivity index (χ2n) is 1.53. The van der Waals surface area contributed by atoms with E-state index in [0.717, 1.165) is 0 Å². The fraction of sp³-hybridized carbons (Fsp3) is 0.333. The Hall–Kier alpha value is -0.350. The van der Waals surface area contributed by atoms with Gasteiger partial charge in [0, 0.05) is 16.6 Å². The van der Waals surface area contributed by atoms with E-state index in [1.165, 1.54) is 11.7 Å². The van der Waals surface area contributed by atoms with Crippen LogP contribution in [-0.2, 0) is 24.1 Å². The highest BCUT2D eigenvalue weighted by atomic mass is 32.8. The molecule has 0 amide bonds. The van der Waals surface area contributed by atoms with Gasteiger partial charge < -0.3 is 4.18 Å². The molecule has 0 bridgehead atoms. The molecule has 0 saturated heterocycles. The SMILES string of the molecule is CC=COS(=O)(=S)C=CC. The van der Waals surface area contributed by atoms with Crippen molar-refractivity contribution in [2.75, 3.05) is 0 Å². The van der Waals surface area contributed by atoms with Crippen LogP contribution in [0, 0.1) is 0 Å². The van der Waals surface area contributed by atoms with Gasteiger partial charge in [-0.25, -0.2) is 4.21 Å². The average molecular weight is 178 g/mol. The molecular weight excluding hydrogens is 168 g/mol. The first-order valence-electron chi connectivity index (χ1n) is 2.79. The summed E-state index contributed by atoms with van der Waals surface area (Å²) in [6.07, 6.45) is 4.57. The van der Waals surface area contributed by atoms with Gasteiger partial charge in [0.2, 0.25) is 8.77 Å². The van der Waals surface area contributed by atoms with Crippen molar-refractivity contribution in [2.45, 2.75) is 13.8 Å². The van der Waals surface area contributed by atoms with Gasteiger partial charge in [-0.05, 0) is 13.8 Å². The Morgan fingerprint density at radius 2 is 2.00 bits per heavy atom. The first-order chi connectivity index (χ1) is 4.62. The Kier molecular flexibility index (Phi) is 4.31. The molecule has 0 rings (SSSR count). The highest BCUT2D eigenvalue weighted by Gasteiger charge is 1.94. The molecule has 1 unspecified atom stereocenters. The fourth-order valence-electron chi connectivity index (χ4n) is 0.332. The van der Waals surface area contributed by atoms with Gasteiger partial charge >= 0.3 is 0 Å². The average Bonchev–Trinajstić information content (AvgIpc) is 1.84. The summed E-state index contributed by atoms with van der Waals surface area (Å²) in [5.74, 6) is 0. The Morgan fingerprint density at radius 3 is 2.40 bits per heavy atom. The van der Waals surface area contributed by atoms with Crippen LogP contribution in [0.4, 0.5) is 0 Å². The van der Waals surface area contributed by atoms with E-state index in [2.05, 4.69) is 11.2 Å². The first kappa shape index (κ1) is 9.65. The zero-order chi connectivity index (χ0) is 8.04. The van der Waals surface area contributed by atoms with Crippen LogP contribution in [0.5, 0.6) is 0 Å². The van der Waals surface area contributed by atoms with Crippen molar-refractivity contribution in [1.29, 1.82) is 0 Å². The highest BCUT2D eigenvalue weighted by Crippen LogP contribution is 1.96. The summed E-state index contributed by atoms with van der Waals surface area (Å²) in [5, 5.41) is 1.36. The van der Waals surface area contributed by atoms with Crippen molar-refractivity contribution in [3.63, 3.8) is 0 Å². The van der Waals surface area contributed by atoms with Crippen LogP contribution >= 0.6 is 0 Å². The fourth-order valence-corrected chi connectivity index (χ4v) is 1.46. The predicted molar refractivity (Wildman–Crippen MR) is 46.2 cm³/mol. The normalized spacial score (nSPS) is 17.8. The van der Waals surface area contributed by atoms with Crippen LogP contribution in [0.25, 0.3) is 0 Å². The Morgan fingerprint density at radius 1 is 1.40 bits per heavy atom. The maximum atomic E-state index is 11.0. The molecule has 0 aliphatic heterocycles. The van der Waals surface area contributed by atoms with Crippen LogP contribution in [-0.4, -0.2) is 4.21 Å². The maximum absolute atomic E-state index is 11.0. The molecule has 0 aromatic carbocycles. The van der Waals surface area contributed by atoms with Crippen molar-refractivity contribution >= 4 is 20.0 Å². The molecular formula is C6H10O2S2. The number of hydrogen-bond acceptors (Lipinski definition) is 3. The van der Waals surface area contributed by atoms with Gasteiger partial charge in [0.05, 0.1) is 0 Å². The molecule has 1 atom stereocenters. The zero-order valence-electron chi connectivity index (χ0n) is 5.94. The largest absolute Gasteiger partial charge is 0.406 e. The minimum absolute atomic E-state index is 1.33. The van der Waals surface area contributed by atoms with Crippen molar-refractivity contribution < 1.29 is 8.39 Å². The molecule has 0 aromatic heterocycles. The van der Waals surface area contributed by atoms with E-state index in [4.69, 9.17) is 4.18 Å². The molecule has 0 aliphatic carbocycles. The van der Waals surface area contributed by atoms with Gasteiger partial charge in [0.25, 0.3) is 0 Å². The number of allylic oxidation sites excluding steroid dienone is 2. The van der Waals surface area contributed by atoms with Gasteiger partial charge in [-0.1, -0.05) is 12.2 Å². The van der Waals surface area contributed by atoms with Gasteiger partial charge in [0.1, 0.15) is 6.26 Å². The third kappa shape index (κ3) is 4.52. The molecule has 10 heavy (non-hydrogen) atoms. The van der Waals surface area contributed by atoms with Crippen LogP contribution in [0.3, 0.4) is 0 Å². The predicted octanol–water partition coefficient (Wildman–Crippen LogP) is 1.73. The maximum Gasteiger partial charge on any atom is 0.207 e. The second-order valence-corrected chi connectivity index (χ2v) is 4.37. The van der Waals surface area contributed by atoms with E-state index in [1.807, 2.05) is 0 Å². The molecule has 58 valence electrons. The quantitative estimate of drug-likeness (QED) is 0.616. The third-order valence-corrected chi connectivity index (χ3v) is 2.18. The minimum Gasteiger partial charge on any atom is -0.406 e. The van der Waals surface area contributed by atoms with E-state index in [9.17, 15) is 4.21 Å². The molecule has 0 heterocycles. The molecule has 0 aromatic rings. The lowest BCUT2D eigenvalue weighted by Crippen LogP contribution is -1.92. The van der Waals surface area contributed by atoms with Gasteiger partial charge in [-0.3, -0.25) is 0 Å². The number of rotatable bonds is 3. The second kappa shape index (κ2) is 4.46. The van der Waals surface area contributed by atoms with Crippen molar-refractivity contribution in [3.8, 4) is 0 Å². The Bertz CT molecular complexity index is 224. The molecule has 0 aliphatic rings. The van der Waals surface area contributed by atoms with E-state index in [1.54, 1.807) is 26.0 Å².